The summed E-state index contributed by atoms with van der Waals surface area (Å²) >= 11 is 8.66. The molecule has 0 aromatic heterocycles. The van der Waals surface area contributed by atoms with Crippen LogP contribution in [0.5, 0.6) is 0 Å². The number of rotatable bonds is 6. The van der Waals surface area contributed by atoms with Crippen molar-refractivity contribution in [3.63, 3.8) is 0 Å². The highest BCUT2D eigenvalue weighted by molar-refractivity contribution is 8.07. The van der Waals surface area contributed by atoms with E-state index in [0.717, 1.165) is 16.8 Å². The molecular formula is C9H25INO3PS2. The second kappa shape index (κ2) is 12.6. The smallest absolute Gasteiger partial charge is 0.324 e. The van der Waals surface area contributed by atoms with Gasteiger partial charge < -0.3 is 42.4 Å². The molecule has 0 aliphatic carbocycles. The molecule has 17 heavy (non-hydrogen) atoms. The number of quaternary nitrogens is 1. The minimum absolute atomic E-state index is 0. The fourth-order valence-corrected chi connectivity index (χ4v) is 2.62. The molecule has 4 nitrogen and oxygen atoms in total. The van der Waals surface area contributed by atoms with E-state index < -0.39 is 6.72 Å². The third-order valence-electron chi connectivity index (χ3n) is 1.36. The van der Waals surface area contributed by atoms with Gasteiger partial charge in [-0.3, -0.25) is 0 Å². The van der Waals surface area contributed by atoms with Gasteiger partial charge in [-0.25, -0.2) is 0 Å². The summed E-state index contributed by atoms with van der Waals surface area (Å²) in [5.74, 6) is 0.976. The summed E-state index contributed by atoms with van der Waals surface area (Å²) < 4.78 is 10.5. The maximum atomic E-state index is 9.00. The fourth-order valence-electron chi connectivity index (χ4n) is 0.664. The first-order chi connectivity index (χ1) is 7.18. The van der Waals surface area contributed by atoms with Gasteiger partial charge in [0.25, 0.3) is 0 Å². The molecule has 0 heterocycles. The van der Waals surface area contributed by atoms with Crippen LogP contribution in [0.4, 0.5) is 0 Å². The maximum Gasteiger partial charge on any atom is 0.324 e. The van der Waals surface area contributed by atoms with E-state index in [1.165, 1.54) is 0 Å². The molecule has 0 unspecified atom stereocenters. The summed E-state index contributed by atoms with van der Waals surface area (Å²) in [6.07, 6.45) is 0. The summed E-state index contributed by atoms with van der Waals surface area (Å²) in [5, 5.41) is 0. The molecular weight excluding hydrogens is 392 g/mol. The molecule has 0 rings (SSSR count). The zero-order chi connectivity index (χ0) is 13.2. The highest BCUT2D eigenvalue weighted by Gasteiger charge is 2.10. The molecule has 0 aromatic carbocycles. The van der Waals surface area contributed by atoms with Crippen LogP contribution in [0.15, 0.2) is 0 Å². The van der Waals surface area contributed by atoms with Gasteiger partial charge in [-0.2, -0.15) is 12.6 Å². The molecule has 1 N–H and O–H groups in total. The van der Waals surface area contributed by atoms with E-state index in [2.05, 4.69) is 45.6 Å². The summed E-state index contributed by atoms with van der Waals surface area (Å²) in [4.78, 5) is 9.00. The van der Waals surface area contributed by atoms with Crippen molar-refractivity contribution in [2.24, 2.45) is 0 Å². The van der Waals surface area contributed by atoms with Crippen LogP contribution < -0.4 is 24.0 Å². The lowest BCUT2D eigenvalue weighted by atomic mass is 10.6. The minimum atomic E-state index is -2.86. The SMILES string of the molecule is CCOP(O)(=S)OCC.C[N+](C)(C)CCS.[I-]. The van der Waals surface area contributed by atoms with Gasteiger partial charge in [0.1, 0.15) is 0 Å². The molecule has 8 heteroatoms. The van der Waals surface area contributed by atoms with Gasteiger partial charge in [-0.05, 0) is 25.7 Å². The molecule has 0 bridgehead atoms. The number of halogens is 1. The maximum absolute atomic E-state index is 9.00. The molecule has 0 radical (unpaired) electrons. The molecule has 0 saturated heterocycles. The number of nitrogens with zero attached hydrogens (tertiary/aromatic N) is 1. The first kappa shape index (κ1) is 23.6. The van der Waals surface area contributed by atoms with Crippen molar-refractivity contribution in [3.05, 3.63) is 0 Å². The molecule has 0 spiro atoms. The van der Waals surface area contributed by atoms with E-state index in [1.54, 1.807) is 13.8 Å². The molecule has 0 amide bonds. The Bertz CT molecular complexity index is 205. The van der Waals surface area contributed by atoms with Crippen LogP contribution in [0.1, 0.15) is 13.8 Å². The third-order valence-corrected chi connectivity index (χ3v) is 3.36. The Labute approximate surface area is 133 Å². The van der Waals surface area contributed by atoms with Crippen LogP contribution >= 0.6 is 19.3 Å². The van der Waals surface area contributed by atoms with Crippen LogP contribution in [0.2, 0.25) is 0 Å². The second-order valence-corrected chi connectivity index (χ2v) is 7.33. The Morgan fingerprint density at radius 2 is 1.53 bits per heavy atom. The highest BCUT2D eigenvalue weighted by atomic mass is 127. The van der Waals surface area contributed by atoms with Crippen molar-refractivity contribution in [1.82, 2.24) is 0 Å². The Kier molecular flexibility index (Phi) is 17.5. The zero-order valence-corrected chi connectivity index (χ0v) is 16.0. The first-order valence-electron chi connectivity index (χ1n) is 5.21. The molecule has 0 aliphatic heterocycles. The summed E-state index contributed by atoms with van der Waals surface area (Å²) in [7, 11) is 6.49. The van der Waals surface area contributed by atoms with Crippen molar-refractivity contribution >= 4 is 31.2 Å². The molecule has 0 saturated carbocycles. The third kappa shape index (κ3) is 23.1. The van der Waals surface area contributed by atoms with E-state index in [9.17, 15) is 0 Å². The lowest BCUT2D eigenvalue weighted by Crippen LogP contribution is -3.00. The van der Waals surface area contributed by atoms with Crippen LogP contribution in [0, 0.1) is 0 Å². The van der Waals surface area contributed by atoms with Gasteiger partial charge in [0, 0.05) is 5.75 Å². The monoisotopic (exact) mass is 417 g/mol. The quantitative estimate of drug-likeness (QED) is 0.249. The van der Waals surface area contributed by atoms with Gasteiger partial charge in [-0.1, -0.05) is 0 Å². The van der Waals surface area contributed by atoms with Crippen LogP contribution in [0.25, 0.3) is 0 Å². The normalized spacial score (nSPS) is 11.2. The van der Waals surface area contributed by atoms with Crippen LogP contribution in [0.3, 0.4) is 0 Å². The average molecular weight is 417 g/mol. The molecule has 108 valence electrons. The first-order valence-corrected chi connectivity index (χ1v) is 8.44. The van der Waals surface area contributed by atoms with Gasteiger partial charge in [0.05, 0.1) is 40.9 Å². The zero-order valence-electron chi connectivity index (χ0n) is 11.2. The van der Waals surface area contributed by atoms with E-state index in [0.29, 0.717) is 13.2 Å². The second-order valence-electron chi connectivity index (χ2n) is 4.04. The summed E-state index contributed by atoms with van der Waals surface area (Å²) in [5.41, 5.74) is 0. The van der Waals surface area contributed by atoms with E-state index in [1.807, 2.05) is 0 Å². The molecule has 0 aliphatic rings. The van der Waals surface area contributed by atoms with E-state index in [-0.39, 0.29) is 24.0 Å². The lowest BCUT2D eigenvalue weighted by molar-refractivity contribution is -0.867. The number of thiol groups is 1. The largest absolute Gasteiger partial charge is 1.00 e. The van der Waals surface area contributed by atoms with Crippen molar-refractivity contribution in [3.8, 4) is 0 Å². The van der Waals surface area contributed by atoms with Crippen molar-refractivity contribution in [1.29, 1.82) is 0 Å². The van der Waals surface area contributed by atoms with E-state index >= 15 is 0 Å². The molecule has 0 fully saturated rings. The number of hydrogen-bond donors (Lipinski definition) is 2. The van der Waals surface area contributed by atoms with Crippen molar-refractivity contribution in [2.75, 3.05) is 46.7 Å². The van der Waals surface area contributed by atoms with E-state index in [4.69, 9.17) is 13.9 Å². The Hall–Kier alpha value is 1.57. The highest BCUT2D eigenvalue weighted by Crippen LogP contribution is 2.42. The Morgan fingerprint density at radius 1 is 1.18 bits per heavy atom. The fraction of sp³-hybridized carbons (Fsp3) is 1.00. The predicted octanol–water partition coefficient (Wildman–Crippen LogP) is -1.10. The van der Waals surface area contributed by atoms with Crippen LogP contribution in [-0.4, -0.2) is 56.0 Å². The molecule has 0 aromatic rings. The summed E-state index contributed by atoms with van der Waals surface area (Å²) in [6, 6.07) is 0. The molecule has 0 atom stereocenters. The summed E-state index contributed by atoms with van der Waals surface area (Å²) in [6.45, 7) is 2.60. The van der Waals surface area contributed by atoms with Gasteiger partial charge in [0.2, 0.25) is 0 Å². The van der Waals surface area contributed by atoms with Crippen LogP contribution in [-0.2, 0) is 20.9 Å². The predicted molar refractivity (Wildman–Crippen MR) is 76.5 cm³/mol. The topological polar surface area (TPSA) is 38.7 Å². The standard InChI is InChI=1S/C5H13NS.C4H11O3PS.HI/c1-6(2,3)4-5-7;1-3-6-8(5,9)7-4-2;/h4-5H2,1-3H3;3-4H2,1-2H3,(H,5,9);1H. The van der Waals surface area contributed by atoms with Gasteiger partial charge in [-0.15, -0.1) is 0 Å². The van der Waals surface area contributed by atoms with Gasteiger partial charge >= 0.3 is 6.72 Å². The number of hydrogen-bond acceptors (Lipinski definition) is 4. The Balaban J connectivity index is -0.000000224. The van der Waals surface area contributed by atoms with Gasteiger partial charge in [0.15, 0.2) is 0 Å². The van der Waals surface area contributed by atoms with Crippen molar-refractivity contribution in [2.45, 2.75) is 13.8 Å². The minimum Gasteiger partial charge on any atom is -1.00 e. The average Bonchev–Trinajstić information content (AvgIpc) is 2.01. The van der Waals surface area contributed by atoms with Crippen molar-refractivity contribution < 1.29 is 42.4 Å². The Morgan fingerprint density at radius 3 is 1.65 bits per heavy atom. The lowest BCUT2D eigenvalue weighted by Gasteiger charge is -2.22.